The fourth-order valence-corrected chi connectivity index (χ4v) is 7.18. The predicted molar refractivity (Wildman–Crippen MR) is 119 cm³/mol. The number of furan rings is 1. The SMILES string of the molecule is Cc1ccc2c(oc3ccccc32)c1N1[C@@H](C)C23CCC1(CC2)c1ccccc13. The van der Waals surface area contributed by atoms with Crippen LogP contribution in [0.5, 0.6) is 0 Å². The van der Waals surface area contributed by atoms with Gasteiger partial charge in [0, 0.05) is 22.2 Å². The van der Waals surface area contributed by atoms with Gasteiger partial charge in [-0.15, -0.1) is 0 Å². The van der Waals surface area contributed by atoms with E-state index in [0.717, 1.165) is 11.2 Å². The molecule has 3 aliphatic carbocycles. The first-order valence-corrected chi connectivity index (χ1v) is 11.0. The van der Waals surface area contributed by atoms with Crippen molar-refractivity contribution in [3.8, 4) is 0 Å². The second-order valence-electron chi connectivity index (χ2n) is 9.49. The van der Waals surface area contributed by atoms with Crippen LogP contribution in [0.3, 0.4) is 0 Å². The van der Waals surface area contributed by atoms with E-state index in [0.29, 0.717) is 6.04 Å². The molecular formula is C27H25NO. The van der Waals surface area contributed by atoms with Crippen LogP contribution in [-0.4, -0.2) is 6.04 Å². The fourth-order valence-electron chi connectivity index (χ4n) is 7.18. The Hall–Kier alpha value is -2.74. The maximum absolute atomic E-state index is 6.52. The van der Waals surface area contributed by atoms with Crippen molar-refractivity contribution in [3.63, 3.8) is 0 Å². The number of fused-ring (bicyclic) bond motifs is 3. The molecule has 4 heterocycles. The highest BCUT2D eigenvalue weighted by Crippen LogP contribution is 2.67. The zero-order chi connectivity index (χ0) is 19.4. The lowest BCUT2D eigenvalue weighted by atomic mass is 9.47. The maximum Gasteiger partial charge on any atom is 0.159 e. The molecule has 0 spiro atoms. The highest BCUT2D eigenvalue weighted by atomic mass is 16.3. The molecule has 2 bridgehead atoms. The standard InChI is InChI=1S/C27H25NO/c1-17-11-12-20-19-7-3-6-10-23(19)29-25(20)24(17)28-18(2)26-13-15-27(28,16-14-26)22-9-5-4-8-21(22)26/h3-12,18H,13-16H2,1-2H3/t18-,26?,27?/m0/s1. The Labute approximate surface area is 171 Å². The number of aryl methyl sites for hydroxylation is 1. The molecule has 0 N–H and O–H groups in total. The Balaban J connectivity index is 1.57. The molecule has 3 fully saturated rings. The van der Waals surface area contributed by atoms with Crippen LogP contribution < -0.4 is 4.90 Å². The lowest BCUT2D eigenvalue weighted by Gasteiger charge is -2.70. The molecule has 3 aromatic carbocycles. The Morgan fingerprint density at radius 1 is 0.828 bits per heavy atom. The van der Waals surface area contributed by atoms with Gasteiger partial charge in [0.15, 0.2) is 5.58 Å². The molecule has 3 aliphatic heterocycles. The summed E-state index contributed by atoms with van der Waals surface area (Å²) in [5, 5.41) is 2.47. The Morgan fingerprint density at radius 2 is 1.55 bits per heavy atom. The molecule has 1 atom stereocenters. The molecule has 1 saturated carbocycles. The summed E-state index contributed by atoms with van der Waals surface area (Å²) in [5.74, 6) is 0. The predicted octanol–water partition coefficient (Wildman–Crippen LogP) is 6.82. The van der Waals surface area contributed by atoms with E-state index in [1.165, 1.54) is 47.7 Å². The Morgan fingerprint density at radius 3 is 2.38 bits per heavy atom. The molecule has 0 amide bonds. The van der Waals surface area contributed by atoms with E-state index in [1.807, 2.05) is 0 Å². The van der Waals surface area contributed by atoms with Crippen LogP contribution in [0.1, 0.15) is 49.3 Å². The average molecular weight is 380 g/mol. The van der Waals surface area contributed by atoms with Gasteiger partial charge in [-0.3, -0.25) is 0 Å². The largest absolute Gasteiger partial charge is 0.454 e. The molecular weight excluding hydrogens is 354 g/mol. The quantitative estimate of drug-likeness (QED) is 0.361. The summed E-state index contributed by atoms with van der Waals surface area (Å²) in [6.07, 6.45) is 5.14. The summed E-state index contributed by atoms with van der Waals surface area (Å²) in [6.45, 7) is 4.72. The van der Waals surface area contributed by atoms with E-state index < -0.39 is 0 Å². The van der Waals surface area contributed by atoms with Gasteiger partial charge in [-0.05, 0) is 62.3 Å². The summed E-state index contributed by atoms with van der Waals surface area (Å²) >= 11 is 0. The minimum atomic E-state index is 0.105. The van der Waals surface area contributed by atoms with Gasteiger partial charge in [0.1, 0.15) is 5.58 Å². The molecule has 6 aliphatic rings. The minimum absolute atomic E-state index is 0.105. The number of nitrogens with zero attached hydrogens (tertiary/aromatic N) is 1. The highest BCUT2D eigenvalue weighted by molar-refractivity contribution is 6.09. The third-order valence-corrected chi connectivity index (χ3v) is 8.55. The van der Waals surface area contributed by atoms with Crippen LogP contribution in [0.2, 0.25) is 0 Å². The monoisotopic (exact) mass is 379 g/mol. The highest BCUT2D eigenvalue weighted by Gasteiger charge is 2.65. The summed E-state index contributed by atoms with van der Waals surface area (Å²) in [7, 11) is 0. The zero-order valence-corrected chi connectivity index (χ0v) is 17.0. The average Bonchev–Trinajstić information content (AvgIpc) is 3.14. The first-order valence-electron chi connectivity index (χ1n) is 11.0. The van der Waals surface area contributed by atoms with Crippen molar-refractivity contribution in [2.75, 3.05) is 4.90 Å². The number of benzene rings is 3. The Bertz CT molecular complexity index is 1300. The number of hydrogen-bond acceptors (Lipinski definition) is 2. The van der Waals surface area contributed by atoms with Crippen LogP contribution in [-0.2, 0) is 11.0 Å². The molecule has 2 heteroatoms. The van der Waals surface area contributed by atoms with Crippen LogP contribution in [0.25, 0.3) is 21.9 Å². The van der Waals surface area contributed by atoms with Crippen LogP contribution in [0, 0.1) is 6.92 Å². The molecule has 10 rings (SSSR count). The van der Waals surface area contributed by atoms with E-state index in [1.54, 1.807) is 11.1 Å². The van der Waals surface area contributed by atoms with Crippen LogP contribution in [0.15, 0.2) is 65.1 Å². The van der Waals surface area contributed by atoms with Gasteiger partial charge in [0.05, 0.1) is 11.2 Å². The van der Waals surface area contributed by atoms with Gasteiger partial charge in [-0.25, -0.2) is 0 Å². The maximum atomic E-state index is 6.52. The van der Waals surface area contributed by atoms with Gasteiger partial charge in [0.25, 0.3) is 0 Å². The van der Waals surface area contributed by atoms with E-state index in [2.05, 4.69) is 79.4 Å². The van der Waals surface area contributed by atoms with Crippen LogP contribution >= 0.6 is 0 Å². The molecule has 0 unspecified atom stereocenters. The third-order valence-electron chi connectivity index (χ3n) is 8.55. The summed E-state index contributed by atoms with van der Waals surface area (Å²) < 4.78 is 6.52. The summed E-state index contributed by atoms with van der Waals surface area (Å²) in [6, 6.07) is 22.8. The first-order chi connectivity index (χ1) is 14.2. The van der Waals surface area contributed by atoms with Gasteiger partial charge >= 0.3 is 0 Å². The zero-order valence-electron chi connectivity index (χ0n) is 17.0. The first kappa shape index (κ1) is 16.1. The summed E-state index contributed by atoms with van der Waals surface area (Å²) in [5.41, 5.74) is 8.28. The smallest absolute Gasteiger partial charge is 0.159 e. The lowest BCUT2D eigenvalue weighted by Crippen LogP contribution is -2.72. The van der Waals surface area contributed by atoms with Crippen molar-refractivity contribution in [3.05, 3.63) is 77.4 Å². The van der Waals surface area contributed by atoms with Crippen molar-refractivity contribution in [2.45, 2.75) is 56.5 Å². The second-order valence-corrected chi connectivity index (χ2v) is 9.49. The normalized spacial score (nSPS) is 29.7. The Kier molecular flexibility index (Phi) is 2.80. The van der Waals surface area contributed by atoms with Crippen molar-refractivity contribution in [1.82, 2.24) is 0 Å². The van der Waals surface area contributed by atoms with Crippen molar-refractivity contribution < 1.29 is 4.42 Å². The number of anilines is 1. The van der Waals surface area contributed by atoms with Gasteiger partial charge < -0.3 is 9.32 Å². The van der Waals surface area contributed by atoms with E-state index in [-0.39, 0.29) is 11.0 Å². The van der Waals surface area contributed by atoms with Crippen molar-refractivity contribution in [1.29, 1.82) is 0 Å². The van der Waals surface area contributed by atoms with E-state index in [9.17, 15) is 0 Å². The second kappa shape index (κ2) is 5.05. The van der Waals surface area contributed by atoms with E-state index in [4.69, 9.17) is 4.42 Å². The third kappa shape index (κ3) is 1.68. The number of piperidine rings is 2. The van der Waals surface area contributed by atoms with E-state index >= 15 is 0 Å². The lowest BCUT2D eigenvalue weighted by molar-refractivity contribution is 0.0556. The van der Waals surface area contributed by atoms with Crippen molar-refractivity contribution in [2.24, 2.45) is 0 Å². The van der Waals surface area contributed by atoms with Gasteiger partial charge in [-0.1, -0.05) is 54.6 Å². The molecule has 2 nitrogen and oxygen atoms in total. The van der Waals surface area contributed by atoms with Gasteiger partial charge in [-0.2, -0.15) is 0 Å². The molecule has 144 valence electrons. The number of para-hydroxylation sites is 1. The molecule has 2 saturated heterocycles. The minimum Gasteiger partial charge on any atom is -0.454 e. The number of hydrogen-bond donors (Lipinski definition) is 0. The van der Waals surface area contributed by atoms with Gasteiger partial charge in [0.2, 0.25) is 0 Å². The fraction of sp³-hybridized carbons (Fsp3) is 0.333. The molecule has 29 heavy (non-hydrogen) atoms. The van der Waals surface area contributed by atoms with Crippen LogP contribution in [0.4, 0.5) is 5.69 Å². The summed E-state index contributed by atoms with van der Waals surface area (Å²) in [4.78, 5) is 2.78. The molecule has 0 radical (unpaired) electrons. The molecule has 4 aromatic rings. The number of rotatable bonds is 1. The van der Waals surface area contributed by atoms with Crippen molar-refractivity contribution >= 4 is 27.6 Å². The topological polar surface area (TPSA) is 16.4 Å². The molecule has 1 aromatic heterocycles.